The number of rotatable bonds is 5. The van der Waals surface area contributed by atoms with Gasteiger partial charge in [-0.15, -0.1) is 0 Å². The molecule has 0 aliphatic rings. The van der Waals surface area contributed by atoms with Gasteiger partial charge in [0.15, 0.2) is 0 Å². The monoisotopic (exact) mass is 302 g/mol. The maximum Gasteiger partial charge on any atom is 0.274 e. The minimum atomic E-state index is -0.486. The summed E-state index contributed by atoms with van der Waals surface area (Å²) in [4.78, 5) is 20.6. The van der Waals surface area contributed by atoms with Gasteiger partial charge < -0.3 is 10.6 Å². The molecule has 0 bridgehead atoms. The number of carbonyl (C=O) groups is 1. The van der Waals surface area contributed by atoms with E-state index in [-0.39, 0.29) is 11.4 Å². The van der Waals surface area contributed by atoms with Crippen LogP contribution in [0.3, 0.4) is 0 Å². The van der Waals surface area contributed by atoms with E-state index in [1.165, 1.54) is 12.1 Å². The van der Waals surface area contributed by atoms with Gasteiger partial charge in [0.25, 0.3) is 5.91 Å². The molecular formula is C16H19FN4O. The Hall–Kier alpha value is -2.50. The van der Waals surface area contributed by atoms with Crippen LogP contribution in [0.1, 0.15) is 30.2 Å². The zero-order chi connectivity index (χ0) is 16.1. The molecule has 5 nitrogen and oxygen atoms in total. The lowest BCUT2D eigenvalue weighted by Gasteiger charge is -2.10. The first kappa shape index (κ1) is 15.9. The molecule has 0 radical (unpaired) electrons. The van der Waals surface area contributed by atoms with E-state index >= 15 is 0 Å². The Bertz CT molecular complexity index is 673. The zero-order valence-electron chi connectivity index (χ0n) is 12.9. The van der Waals surface area contributed by atoms with Crippen LogP contribution >= 0.6 is 0 Å². The number of amides is 1. The maximum atomic E-state index is 13.6. The molecule has 1 heterocycles. The Morgan fingerprint density at radius 2 is 2.00 bits per heavy atom. The number of hydrogen-bond acceptors (Lipinski definition) is 4. The molecule has 116 valence electrons. The number of hydrogen-bond donors (Lipinski definition) is 2. The van der Waals surface area contributed by atoms with Crippen LogP contribution in [0.15, 0.2) is 30.3 Å². The number of halogens is 1. The Morgan fingerprint density at radius 3 is 2.68 bits per heavy atom. The highest BCUT2D eigenvalue weighted by atomic mass is 19.1. The van der Waals surface area contributed by atoms with Crippen molar-refractivity contribution in [1.82, 2.24) is 9.97 Å². The maximum absolute atomic E-state index is 13.6. The van der Waals surface area contributed by atoms with Crippen molar-refractivity contribution < 1.29 is 9.18 Å². The largest absolute Gasteiger partial charge is 0.370 e. The molecule has 0 unspecified atom stereocenters. The fraction of sp³-hybridized carbons (Fsp3) is 0.312. The number of carbonyl (C=O) groups excluding carboxylic acids is 1. The van der Waals surface area contributed by atoms with Crippen LogP contribution in [0, 0.1) is 18.7 Å². The van der Waals surface area contributed by atoms with E-state index < -0.39 is 11.7 Å². The van der Waals surface area contributed by atoms with Gasteiger partial charge in [0.1, 0.15) is 23.2 Å². The molecule has 1 amide bonds. The van der Waals surface area contributed by atoms with Gasteiger partial charge in [-0.3, -0.25) is 4.79 Å². The number of anilines is 2. The summed E-state index contributed by atoms with van der Waals surface area (Å²) in [6.07, 6.45) is 0. The molecule has 0 fully saturated rings. The van der Waals surface area contributed by atoms with E-state index in [1.54, 1.807) is 25.1 Å². The predicted octanol–water partition coefficient (Wildman–Crippen LogP) is 3.24. The van der Waals surface area contributed by atoms with E-state index in [0.29, 0.717) is 17.6 Å². The third kappa shape index (κ3) is 4.25. The molecule has 2 aromatic rings. The molecule has 0 spiro atoms. The smallest absolute Gasteiger partial charge is 0.274 e. The molecule has 0 aliphatic heterocycles. The van der Waals surface area contributed by atoms with Crippen LogP contribution < -0.4 is 10.6 Å². The first-order chi connectivity index (χ1) is 10.5. The van der Waals surface area contributed by atoms with Crippen LogP contribution in [0.25, 0.3) is 0 Å². The summed E-state index contributed by atoms with van der Waals surface area (Å²) < 4.78 is 13.6. The van der Waals surface area contributed by atoms with E-state index in [1.807, 2.05) is 0 Å². The summed E-state index contributed by atoms with van der Waals surface area (Å²) in [5, 5.41) is 5.66. The fourth-order valence-corrected chi connectivity index (χ4v) is 1.83. The molecule has 1 aromatic carbocycles. The van der Waals surface area contributed by atoms with Gasteiger partial charge in [0.2, 0.25) is 0 Å². The molecule has 0 saturated heterocycles. The predicted molar refractivity (Wildman–Crippen MR) is 84.4 cm³/mol. The lowest BCUT2D eigenvalue weighted by Crippen LogP contribution is -2.17. The van der Waals surface area contributed by atoms with Gasteiger partial charge in [-0.2, -0.15) is 0 Å². The Kier molecular flexibility index (Phi) is 5.04. The van der Waals surface area contributed by atoms with E-state index in [4.69, 9.17) is 0 Å². The summed E-state index contributed by atoms with van der Waals surface area (Å²) in [6.45, 7) is 6.60. The van der Waals surface area contributed by atoms with Crippen molar-refractivity contribution in [2.24, 2.45) is 5.92 Å². The third-order valence-corrected chi connectivity index (χ3v) is 2.88. The van der Waals surface area contributed by atoms with Gasteiger partial charge in [-0.05, 0) is 25.0 Å². The molecule has 22 heavy (non-hydrogen) atoms. The molecule has 0 atom stereocenters. The summed E-state index contributed by atoms with van der Waals surface area (Å²) in [5.41, 5.74) is 0.322. The van der Waals surface area contributed by atoms with Crippen LogP contribution in [0.4, 0.5) is 15.9 Å². The molecule has 2 rings (SSSR count). The number of aromatic nitrogens is 2. The van der Waals surface area contributed by atoms with E-state index in [9.17, 15) is 9.18 Å². The number of benzene rings is 1. The van der Waals surface area contributed by atoms with Crippen LogP contribution in [0.2, 0.25) is 0 Å². The molecular weight excluding hydrogens is 283 g/mol. The second-order valence-electron chi connectivity index (χ2n) is 5.39. The SMILES string of the molecule is Cc1nc(NCC(C)C)cc(C(=O)Nc2ccccc2F)n1. The Labute approximate surface area is 129 Å². The average molecular weight is 302 g/mol. The van der Waals surface area contributed by atoms with Gasteiger partial charge in [-0.1, -0.05) is 26.0 Å². The Balaban J connectivity index is 2.17. The van der Waals surface area contributed by atoms with Crippen molar-refractivity contribution in [3.8, 4) is 0 Å². The highest BCUT2D eigenvalue weighted by Crippen LogP contribution is 2.15. The Morgan fingerprint density at radius 1 is 1.27 bits per heavy atom. The lowest BCUT2D eigenvalue weighted by atomic mass is 10.2. The normalized spacial score (nSPS) is 10.6. The van der Waals surface area contributed by atoms with Crippen molar-refractivity contribution in [1.29, 1.82) is 0 Å². The quantitative estimate of drug-likeness (QED) is 0.889. The zero-order valence-corrected chi connectivity index (χ0v) is 12.9. The summed E-state index contributed by atoms with van der Waals surface area (Å²) in [6, 6.07) is 7.56. The van der Waals surface area contributed by atoms with Crippen molar-refractivity contribution in [2.75, 3.05) is 17.2 Å². The average Bonchev–Trinajstić information content (AvgIpc) is 2.47. The first-order valence-electron chi connectivity index (χ1n) is 7.11. The van der Waals surface area contributed by atoms with Gasteiger partial charge in [0.05, 0.1) is 5.69 Å². The second kappa shape index (κ2) is 6.98. The molecule has 6 heteroatoms. The van der Waals surface area contributed by atoms with Crippen molar-refractivity contribution in [2.45, 2.75) is 20.8 Å². The van der Waals surface area contributed by atoms with E-state index in [2.05, 4.69) is 34.4 Å². The summed E-state index contributed by atoms with van der Waals surface area (Å²) in [7, 11) is 0. The number of nitrogens with zero attached hydrogens (tertiary/aromatic N) is 2. The minimum absolute atomic E-state index is 0.125. The highest BCUT2D eigenvalue weighted by molar-refractivity contribution is 6.03. The van der Waals surface area contributed by atoms with Gasteiger partial charge in [-0.25, -0.2) is 14.4 Å². The fourth-order valence-electron chi connectivity index (χ4n) is 1.83. The second-order valence-corrected chi connectivity index (χ2v) is 5.39. The van der Waals surface area contributed by atoms with E-state index in [0.717, 1.165) is 6.54 Å². The third-order valence-electron chi connectivity index (χ3n) is 2.88. The molecule has 0 aliphatic carbocycles. The number of para-hydroxylation sites is 1. The van der Waals surface area contributed by atoms with Crippen molar-refractivity contribution >= 4 is 17.4 Å². The summed E-state index contributed by atoms with van der Waals surface area (Å²) >= 11 is 0. The first-order valence-corrected chi connectivity index (χ1v) is 7.11. The van der Waals surface area contributed by atoms with Gasteiger partial charge >= 0.3 is 0 Å². The molecule has 2 N–H and O–H groups in total. The molecule has 1 aromatic heterocycles. The molecule has 0 saturated carbocycles. The van der Waals surface area contributed by atoms with Crippen LogP contribution in [-0.4, -0.2) is 22.4 Å². The van der Waals surface area contributed by atoms with Crippen LogP contribution in [-0.2, 0) is 0 Å². The highest BCUT2D eigenvalue weighted by Gasteiger charge is 2.12. The lowest BCUT2D eigenvalue weighted by molar-refractivity contribution is 0.102. The van der Waals surface area contributed by atoms with Crippen molar-refractivity contribution in [3.63, 3.8) is 0 Å². The minimum Gasteiger partial charge on any atom is -0.370 e. The number of nitrogens with one attached hydrogen (secondary N) is 2. The van der Waals surface area contributed by atoms with Crippen LogP contribution in [0.5, 0.6) is 0 Å². The van der Waals surface area contributed by atoms with Gasteiger partial charge in [0, 0.05) is 12.6 Å². The topological polar surface area (TPSA) is 66.9 Å². The number of aryl methyl sites for hydroxylation is 1. The summed E-state index contributed by atoms with van der Waals surface area (Å²) in [5.74, 6) is 0.557. The standard InChI is InChI=1S/C16H19FN4O/c1-10(2)9-18-15-8-14(19-11(3)20-15)16(22)21-13-7-5-4-6-12(13)17/h4-8,10H,9H2,1-3H3,(H,21,22)(H,18,19,20). The van der Waals surface area contributed by atoms with Crippen molar-refractivity contribution in [3.05, 3.63) is 47.7 Å².